The molecule has 0 fully saturated rings. The van der Waals surface area contributed by atoms with Crippen molar-refractivity contribution in [3.05, 3.63) is 58.4 Å². The van der Waals surface area contributed by atoms with E-state index >= 15 is 0 Å². The predicted molar refractivity (Wildman–Crippen MR) is 98.7 cm³/mol. The Balaban J connectivity index is 2.09. The minimum Gasteiger partial charge on any atom is -0.316 e. The number of likely N-dealkylation sites (N-methyl/N-ethyl adjacent to an activating group) is 1. The fourth-order valence-corrected chi connectivity index (χ4v) is 3.11. The first-order valence-corrected chi connectivity index (χ1v) is 8.43. The van der Waals surface area contributed by atoms with Crippen LogP contribution in [-0.2, 0) is 6.54 Å². The van der Waals surface area contributed by atoms with Crippen molar-refractivity contribution in [2.75, 3.05) is 13.1 Å². The molecule has 0 aliphatic rings. The maximum atomic E-state index is 12.6. The summed E-state index contributed by atoms with van der Waals surface area (Å²) in [6.45, 7) is 6.28. The van der Waals surface area contributed by atoms with E-state index in [-0.39, 0.29) is 11.6 Å². The molecule has 0 aliphatic carbocycles. The van der Waals surface area contributed by atoms with Gasteiger partial charge in [-0.2, -0.15) is 0 Å². The summed E-state index contributed by atoms with van der Waals surface area (Å²) in [7, 11) is 0. The van der Waals surface area contributed by atoms with Gasteiger partial charge in [0.1, 0.15) is 11.8 Å². The van der Waals surface area contributed by atoms with Crippen molar-refractivity contribution in [3.63, 3.8) is 0 Å². The molecule has 0 amide bonds. The van der Waals surface area contributed by atoms with Gasteiger partial charge in [-0.3, -0.25) is 4.57 Å². The third-order valence-corrected chi connectivity index (χ3v) is 4.43. The van der Waals surface area contributed by atoms with Crippen LogP contribution in [0.4, 0.5) is 0 Å². The SMILES string of the molecule is CCNCC(C)c1ncnc2c1n(S)c(=O)n2Cc1ccccc1. The highest BCUT2D eigenvalue weighted by Crippen LogP contribution is 2.22. The minimum atomic E-state index is -0.199. The zero-order chi connectivity index (χ0) is 17.1. The smallest absolute Gasteiger partial charge is 0.316 e. The van der Waals surface area contributed by atoms with Crippen LogP contribution in [0.5, 0.6) is 0 Å². The number of nitrogens with one attached hydrogen (secondary N) is 1. The number of rotatable bonds is 6. The van der Waals surface area contributed by atoms with E-state index in [1.807, 2.05) is 30.3 Å². The maximum absolute atomic E-state index is 12.6. The van der Waals surface area contributed by atoms with Gasteiger partial charge in [-0.15, -0.1) is 0 Å². The topological polar surface area (TPSA) is 64.7 Å². The van der Waals surface area contributed by atoms with Crippen LogP contribution in [0.2, 0.25) is 0 Å². The van der Waals surface area contributed by atoms with Gasteiger partial charge in [-0.05, 0) is 12.1 Å². The van der Waals surface area contributed by atoms with Crippen LogP contribution in [0, 0.1) is 0 Å². The normalized spacial score (nSPS) is 12.6. The van der Waals surface area contributed by atoms with Gasteiger partial charge in [-0.1, -0.05) is 57.0 Å². The third-order valence-electron chi connectivity index (χ3n) is 4.06. The Labute approximate surface area is 146 Å². The molecule has 1 atom stereocenters. The van der Waals surface area contributed by atoms with E-state index in [0.29, 0.717) is 17.7 Å². The predicted octanol–water partition coefficient (Wildman–Crippen LogP) is 2.05. The monoisotopic (exact) mass is 343 g/mol. The Hall–Kier alpha value is -2.12. The van der Waals surface area contributed by atoms with E-state index in [0.717, 1.165) is 24.3 Å². The molecule has 2 heterocycles. The number of fused-ring (bicyclic) bond motifs is 1. The van der Waals surface area contributed by atoms with Gasteiger partial charge >= 0.3 is 5.69 Å². The van der Waals surface area contributed by atoms with Gasteiger partial charge in [0.15, 0.2) is 5.65 Å². The van der Waals surface area contributed by atoms with Crippen molar-refractivity contribution in [2.24, 2.45) is 0 Å². The summed E-state index contributed by atoms with van der Waals surface area (Å²) < 4.78 is 3.00. The summed E-state index contributed by atoms with van der Waals surface area (Å²) in [5.41, 5.74) is 2.98. The highest BCUT2D eigenvalue weighted by atomic mass is 32.1. The molecule has 1 aromatic carbocycles. The Bertz CT molecular complexity index is 887. The number of nitrogens with zero attached hydrogens (tertiary/aromatic N) is 4. The van der Waals surface area contributed by atoms with E-state index in [2.05, 4.69) is 41.9 Å². The minimum absolute atomic E-state index is 0.154. The van der Waals surface area contributed by atoms with Gasteiger partial charge in [0.05, 0.1) is 12.2 Å². The zero-order valence-corrected chi connectivity index (χ0v) is 14.7. The molecule has 0 saturated heterocycles. The molecular weight excluding hydrogens is 322 g/mol. The van der Waals surface area contributed by atoms with Crippen LogP contribution >= 0.6 is 12.8 Å². The summed E-state index contributed by atoms with van der Waals surface area (Å²) >= 11 is 4.39. The third kappa shape index (κ3) is 3.09. The number of hydrogen-bond donors (Lipinski definition) is 2. The molecule has 24 heavy (non-hydrogen) atoms. The number of thiol groups is 1. The zero-order valence-electron chi connectivity index (χ0n) is 13.8. The Morgan fingerprint density at radius 3 is 2.71 bits per heavy atom. The van der Waals surface area contributed by atoms with Crippen molar-refractivity contribution in [2.45, 2.75) is 26.3 Å². The molecule has 0 spiro atoms. The van der Waals surface area contributed by atoms with Crippen LogP contribution in [0.15, 0.2) is 41.5 Å². The Morgan fingerprint density at radius 2 is 2.00 bits per heavy atom. The largest absolute Gasteiger partial charge is 0.340 e. The molecule has 126 valence electrons. The second kappa shape index (κ2) is 7.19. The molecule has 6 nitrogen and oxygen atoms in total. The first-order chi connectivity index (χ1) is 11.6. The fraction of sp³-hybridized carbons (Fsp3) is 0.353. The number of hydrogen-bond acceptors (Lipinski definition) is 5. The van der Waals surface area contributed by atoms with Crippen molar-refractivity contribution < 1.29 is 0 Å². The van der Waals surface area contributed by atoms with Crippen LogP contribution in [0.3, 0.4) is 0 Å². The van der Waals surface area contributed by atoms with Crippen molar-refractivity contribution in [3.8, 4) is 0 Å². The van der Waals surface area contributed by atoms with E-state index in [9.17, 15) is 4.79 Å². The van der Waals surface area contributed by atoms with Crippen LogP contribution in [-0.4, -0.2) is 31.6 Å². The highest BCUT2D eigenvalue weighted by Gasteiger charge is 2.20. The van der Waals surface area contributed by atoms with Crippen molar-refractivity contribution in [1.82, 2.24) is 23.8 Å². The molecule has 1 unspecified atom stereocenters. The Kier molecular flexibility index (Phi) is 5.01. The maximum Gasteiger partial charge on any atom is 0.340 e. The lowest BCUT2D eigenvalue weighted by molar-refractivity contribution is 0.624. The molecule has 1 N–H and O–H groups in total. The fourth-order valence-electron chi connectivity index (χ4n) is 2.81. The number of benzene rings is 1. The average molecular weight is 343 g/mol. The molecule has 0 bridgehead atoms. The van der Waals surface area contributed by atoms with Gasteiger partial charge in [0, 0.05) is 12.5 Å². The lowest BCUT2D eigenvalue weighted by Gasteiger charge is -2.12. The highest BCUT2D eigenvalue weighted by molar-refractivity contribution is 7.78. The number of imidazole rings is 1. The first kappa shape index (κ1) is 16.7. The summed E-state index contributed by atoms with van der Waals surface area (Å²) in [6.07, 6.45) is 1.52. The molecule has 3 aromatic rings. The lowest BCUT2D eigenvalue weighted by Crippen LogP contribution is -2.21. The van der Waals surface area contributed by atoms with E-state index in [4.69, 9.17) is 0 Å². The van der Waals surface area contributed by atoms with E-state index in [1.54, 1.807) is 4.57 Å². The lowest BCUT2D eigenvalue weighted by atomic mass is 10.1. The molecule has 0 saturated carbocycles. The van der Waals surface area contributed by atoms with Crippen molar-refractivity contribution >= 4 is 24.0 Å². The van der Waals surface area contributed by atoms with Crippen molar-refractivity contribution in [1.29, 1.82) is 0 Å². The van der Waals surface area contributed by atoms with Gasteiger partial charge in [0.25, 0.3) is 0 Å². The second-order valence-corrected chi connectivity index (χ2v) is 6.21. The first-order valence-electron chi connectivity index (χ1n) is 8.03. The van der Waals surface area contributed by atoms with Gasteiger partial charge < -0.3 is 5.32 Å². The molecule has 2 aromatic heterocycles. The summed E-state index contributed by atoms with van der Waals surface area (Å²) in [6, 6.07) is 9.85. The number of aromatic nitrogens is 4. The van der Waals surface area contributed by atoms with Gasteiger partial charge in [0.2, 0.25) is 0 Å². The van der Waals surface area contributed by atoms with E-state index in [1.165, 1.54) is 10.3 Å². The summed E-state index contributed by atoms with van der Waals surface area (Å²) in [5.74, 6) is 0.154. The standard InChI is InChI=1S/C17H21N5OS/c1-3-18-9-12(2)14-15-16(20-11-19-14)21(17(23)22(15)24)10-13-7-5-4-6-8-13/h4-8,11-12,18,24H,3,9-10H2,1-2H3. The molecule has 0 aliphatic heterocycles. The van der Waals surface area contributed by atoms with Crippen LogP contribution in [0.1, 0.15) is 31.0 Å². The summed E-state index contributed by atoms with van der Waals surface area (Å²) in [4.78, 5) is 21.4. The summed E-state index contributed by atoms with van der Waals surface area (Å²) in [5, 5.41) is 3.31. The van der Waals surface area contributed by atoms with Gasteiger partial charge in [-0.25, -0.2) is 18.7 Å². The quantitative estimate of drug-likeness (QED) is 0.673. The molecule has 3 rings (SSSR count). The molecule has 7 heteroatoms. The Morgan fingerprint density at radius 1 is 1.25 bits per heavy atom. The average Bonchev–Trinajstić information content (AvgIpc) is 2.85. The van der Waals surface area contributed by atoms with E-state index < -0.39 is 0 Å². The molecular formula is C17H21N5OS. The van der Waals surface area contributed by atoms with Crippen LogP contribution in [0.25, 0.3) is 11.2 Å². The molecule has 0 radical (unpaired) electrons. The second-order valence-electron chi connectivity index (χ2n) is 5.81. The van der Waals surface area contributed by atoms with Crippen LogP contribution < -0.4 is 11.0 Å².